The standard InChI is InChI=1S/C28H22N4O3/c33-27(30-22-12-14-23(15-13-22)31-28(34)26-7-3-18-35-26)25-6-2-1-5-24(25)21-10-8-20(9-11-21)19-32-17-4-16-29-32/h1-18H,19H2,(H,30,33)(H,31,34). The fraction of sp³-hybridized carbons (Fsp3) is 0.0357. The third-order valence-corrected chi connectivity index (χ3v) is 5.49. The molecular formula is C28H22N4O3. The Bertz CT molecular complexity index is 1420. The van der Waals surface area contributed by atoms with Crippen molar-refractivity contribution < 1.29 is 14.0 Å². The Hall–Kier alpha value is -4.91. The molecule has 2 heterocycles. The summed E-state index contributed by atoms with van der Waals surface area (Å²) in [5.41, 5.74) is 4.71. The summed E-state index contributed by atoms with van der Waals surface area (Å²) in [6.07, 6.45) is 5.13. The Morgan fingerprint density at radius 2 is 1.49 bits per heavy atom. The number of anilines is 2. The first kappa shape index (κ1) is 21.9. The Labute approximate surface area is 202 Å². The van der Waals surface area contributed by atoms with Crippen molar-refractivity contribution in [2.45, 2.75) is 6.54 Å². The van der Waals surface area contributed by atoms with Crippen molar-refractivity contribution in [3.8, 4) is 11.1 Å². The smallest absolute Gasteiger partial charge is 0.291 e. The number of rotatable bonds is 7. The van der Waals surface area contributed by atoms with Crippen molar-refractivity contribution in [3.05, 3.63) is 127 Å². The molecule has 2 amide bonds. The lowest BCUT2D eigenvalue weighted by atomic mass is 9.98. The molecule has 0 radical (unpaired) electrons. The van der Waals surface area contributed by atoms with Crippen LogP contribution in [-0.2, 0) is 6.54 Å². The average molecular weight is 463 g/mol. The molecule has 3 aromatic carbocycles. The number of aromatic nitrogens is 2. The summed E-state index contributed by atoms with van der Waals surface area (Å²) in [5, 5.41) is 9.93. The lowest BCUT2D eigenvalue weighted by molar-refractivity contribution is 0.0994. The van der Waals surface area contributed by atoms with Gasteiger partial charge in [-0.3, -0.25) is 14.3 Å². The van der Waals surface area contributed by atoms with Crippen LogP contribution in [0.5, 0.6) is 0 Å². The maximum absolute atomic E-state index is 13.1. The molecule has 0 fully saturated rings. The van der Waals surface area contributed by atoms with E-state index in [1.807, 2.05) is 59.4 Å². The van der Waals surface area contributed by atoms with Gasteiger partial charge in [0.05, 0.1) is 12.8 Å². The number of carbonyl (C=O) groups excluding carboxylic acids is 2. The highest BCUT2D eigenvalue weighted by Gasteiger charge is 2.13. The fourth-order valence-electron chi connectivity index (χ4n) is 3.74. The van der Waals surface area contributed by atoms with Crippen LogP contribution in [0.2, 0.25) is 0 Å². The second-order valence-corrected chi connectivity index (χ2v) is 7.91. The van der Waals surface area contributed by atoms with Gasteiger partial charge in [-0.05, 0) is 65.2 Å². The van der Waals surface area contributed by atoms with Gasteiger partial charge in [0.25, 0.3) is 11.8 Å². The molecule has 7 nitrogen and oxygen atoms in total. The molecule has 0 atom stereocenters. The van der Waals surface area contributed by atoms with E-state index >= 15 is 0 Å². The van der Waals surface area contributed by atoms with Gasteiger partial charge in [0, 0.05) is 29.3 Å². The van der Waals surface area contributed by atoms with Crippen LogP contribution in [0.3, 0.4) is 0 Å². The van der Waals surface area contributed by atoms with Crippen molar-refractivity contribution >= 4 is 23.2 Å². The topological polar surface area (TPSA) is 89.2 Å². The van der Waals surface area contributed by atoms with Crippen molar-refractivity contribution in [2.24, 2.45) is 0 Å². The highest BCUT2D eigenvalue weighted by atomic mass is 16.3. The van der Waals surface area contributed by atoms with Crippen LogP contribution in [0.4, 0.5) is 11.4 Å². The van der Waals surface area contributed by atoms with E-state index in [2.05, 4.69) is 15.7 Å². The summed E-state index contributed by atoms with van der Waals surface area (Å²) in [6.45, 7) is 0.688. The van der Waals surface area contributed by atoms with Crippen molar-refractivity contribution in [2.75, 3.05) is 10.6 Å². The molecule has 172 valence electrons. The van der Waals surface area contributed by atoms with E-state index < -0.39 is 0 Å². The summed E-state index contributed by atoms with van der Waals surface area (Å²) < 4.78 is 6.96. The SMILES string of the molecule is O=C(Nc1ccc(NC(=O)c2ccccc2-c2ccc(Cn3cccn3)cc2)cc1)c1ccco1. The van der Waals surface area contributed by atoms with Gasteiger partial charge in [-0.2, -0.15) is 5.10 Å². The zero-order valence-corrected chi connectivity index (χ0v) is 18.7. The Kier molecular flexibility index (Phi) is 6.21. The molecular weight excluding hydrogens is 440 g/mol. The monoisotopic (exact) mass is 462 g/mol. The Balaban J connectivity index is 1.28. The van der Waals surface area contributed by atoms with Crippen LogP contribution in [0.1, 0.15) is 26.5 Å². The number of nitrogens with zero attached hydrogens (tertiary/aromatic N) is 2. The number of amides is 2. The molecule has 0 aliphatic rings. The molecule has 35 heavy (non-hydrogen) atoms. The molecule has 2 aromatic heterocycles. The molecule has 7 heteroatoms. The number of hydrogen-bond acceptors (Lipinski definition) is 4. The van der Waals surface area contributed by atoms with Gasteiger partial charge >= 0.3 is 0 Å². The highest BCUT2D eigenvalue weighted by molar-refractivity contribution is 6.09. The minimum Gasteiger partial charge on any atom is -0.459 e. The summed E-state index contributed by atoms with van der Waals surface area (Å²) in [7, 11) is 0. The summed E-state index contributed by atoms with van der Waals surface area (Å²) >= 11 is 0. The summed E-state index contributed by atoms with van der Waals surface area (Å²) in [4.78, 5) is 25.2. The third kappa shape index (κ3) is 5.20. The Morgan fingerprint density at radius 3 is 2.14 bits per heavy atom. The minimum absolute atomic E-state index is 0.214. The van der Waals surface area contributed by atoms with E-state index in [-0.39, 0.29) is 17.6 Å². The third-order valence-electron chi connectivity index (χ3n) is 5.49. The highest BCUT2D eigenvalue weighted by Crippen LogP contribution is 2.25. The molecule has 0 saturated heterocycles. The number of hydrogen-bond donors (Lipinski definition) is 2. The molecule has 2 N–H and O–H groups in total. The van der Waals surface area contributed by atoms with E-state index in [1.54, 1.807) is 48.7 Å². The first-order valence-electron chi connectivity index (χ1n) is 11.1. The lowest BCUT2D eigenvalue weighted by Gasteiger charge is -2.12. The molecule has 0 bridgehead atoms. The van der Waals surface area contributed by atoms with Crippen molar-refractivity contribution in [3.63, 3.8) is 0 Å². The maximum atomic E-state index is 13.1. The summed E-state index contributed by atoms with van der Waals surface area (Å²) in [6, 6.07) is 27.7. The van der Waals surface area contributed by atoms with Gasteiger partial charge in [0.1, 0.15) is 0 Å². The minimum atomic E-state index is -0.337. The molecule has 5 aromatic rings. The first-order valence-corrected chi connectivity index (χ1v) is 11.1. The largest absolute Gasteiger partial charge is 0.459 e. The Morgan fingerprint density at radius 1 is 0.771 bits per heavy atom. The van der Waals surface area contributed by atoms with Gasteiger partial charge < -0.3 is 15.1 Å². The number of nitrogens with one attached hydrogen (secondary N) is 2. The normalized spacial score (nSPS) is 10.6. The molecule has 0 saturated carbocycles. The second-order valence-electron chi connectivity index (χ2n) is 7.91. The summed E-state index contributed by atoms with van der Waals surface area (Å²) in [5.74, 6) is -0.321. The zero-order valence-electron chi connectivity index (χ0n) is 18.7. The molecule has 0 aliphatic carbocycles. The second kappa shape index (κ2) is 9.93. The van der Waals surface area contributed by atoms with Gasteiger partial charge in [0.15, 0.2) is 5.76 Å². The van der Waals surface area contributed by atoms with Gasteiger partial charge in [0.2, 0.25) is 0 Å². The predicted octanol–water partition coefficient (Wildman–Crippen LogP) is 5.70. The molecule has 5 rings (SSSR count). The molecule has 0 spiro atoms. The first-order chi connectivity index (χ1) is 17.2. The van der Waals surface area contributed by atoms with Crippen molar-refractivity contribution in [1.82, 2.24) is 9.78 Å². The molecule has 0 aliphatic heterocycles. The van der Waals surface area contributed by atoms with E-state index in [9.17, 15) is 9.59 Å². The predicted molar refractivity (Wildman–Crippen MR) is 134 cm³/mol. The van der Waals surface area contributed by atoms with Crippen LogP contribution >= 0.6 is 0 Å². The maximum Gasteiger partial charge on any atom is 0.291 e. The van der Waals surface area contributed by atoms with Gasteiger partial charge in [-0.25, -0.2) is 0 Å². The van der Waals surface area contributed by atoms with Crippen LogP contribution in [0.15, 0.2) is 114 Å². The van der Waals surface area contributed by atoms with Crippen LogP contribution in [0, 0.1) is 0 Å². The number of benzene rings is 3. The number of furan rings is 1. The van der Waals surface area contributed by atoms with E-state index in [0.29, 0.717) is 23.5 Å². The van der Waals surface area contributed by atoms with E-state index in [1.165, 1.54) is 6.26 Å². The van der Waals surface area contributed by atoms with Crippen LogP contribution < -0.4 is 10.6 Å². The van der Waals surface area contributed by atoms with Crippen molar-refractivity contribution in [1.29, 1.82) is 0 Å². The molecule has 0 unspecified atom stereocenters. The zero-order chi connectivity index (χ0) is 24.0. The lowest BCUT2D eigenvalue weighted by Crippen LogP contribution is -2.13. The van der Waals surface area contributed by atoms with Gasteiger partial charge in [-0.15, -0.1) is 0 Å². The number of carbonyl (C=O) groups is 2. The van der Waals surface area contributed by atoms with Gasteiger partial charge in [-0.1, -0.05) is 42.5 Å². The van der Waals surface area contributed by atoms with E-state index in [0.717, 1.165) is 16.7 Å². The fourth-order valence-corrected chi connectivity index (χ4v) is 3.74. The average Bonchev–Trinajstić information content (AvgIpc) is 3.61. The van der Waals surface area contributed by atoms with Crippen LogP contribution in [0.25, 0.3) is 11.1 Å². The van der Waals surface area contributed by atoms with E-state index in [4.69, 9.17) is 4.42 Å². The quantitative estimate of drug-likeness (QED) is 0.325. The van der Waals surface area contributed by atoms with Crippen LogP contribution in [-0.4, -0.2) is 21.6 Å².